The summed E-state index contributed by atoms with van der Waals surface area (Å²) >= 11 is 26.1. The summed E-state index contributed by atoms with van der Waals surface area (Å²) in [6.07, 6.45) is 0. The second-order valence-corrected chi connectivity index (χ2v) is 6.54. The van der Waals surface area contributed by atoms with Gasteiger partial charge in [0.1, 0.15) is 0 Å². The quantitative estimate of drug-likeness (QED) is 0.565. The largest absolute Gasteiger partial charge is 0.126 e. The molecular weight excluding hydrogens is 318 g/mol. The van der Waals surface area contributed by atoms with Gasteiger partial charge in [0, 0.05) is 20.5 Å². The first kappa shape index (κ1) is 13.5. The van der Waals surface area contributed by atoms with E-state index in [0.29, 0.717) is 10.0 Å². The normalized spacial score (nSPS) is 12.8. The molecule has 1 aromatic heterocycles. The second-order valence-electron chi connectivity index (χ2n) is 3.60. The molecule has 17 heavy (non-hydrogen) atoms. The fraction of sp³-hybridized carbons (Fsp3) is 0.167. The summed E-state index contributed by atoms with van der Waals surface area (Å²) in [5.41, 5.74) is 1.75. The lowest BCUT2D eigenvalue weighted by Crippen LogP contribution is -1.92. The van der Waals surface area contributed by atoms with Gasteiger partial charge < -0.3 is 0 Å². The molecule has 0 saturated carbocycles. The Kier molecular flexibility index (Phi) is 4.27. The number of aryl methyl sites for hydroxylation is 1. The van der Waals surface area contributed by atoms with Gasteiger partial charge in [-0.15, -0.1) is 22.9 Å². The lowest BCUT2D eigenvalue weighted by molar-refractivity contribution is 1.18. The average Bonchev–Trinajstić information content (AvgIpc) is 2.59. The second kappa shape index (κ2) is 5.38. The zero-order valence-electron chi connectivity index (χ0n) is 8.81. The molecule has 0 amide bonds. The predicted octanol–water partition coefficient (Wildman–Crippen LogP) is 6.34. The summed E-state index contributed by atoms with van der Waals surface area (Å²) in [6, 6.07) is 7.31. The SMILES string of the molecule is Cc1cc(C(Cl)c2c(Cl)cccc2Cl)sc1Cl. The van der Waals surface area contributed by atoms with Crippen LogP contribution in [-0.4, -0.2) is 0 Å². The molecule has 0 N–H and O–H groups in total. The standard InChI is InChI=1S/C12H8Cl4S/c1-6-5-9(17-12(6)16)11(15)10-7(13)3-2-4-8(10)14/h2-5,11H,1H3. The topological polar surface area (TPSA) is 0 Å². The Morgan fingerprint density at radius 1 is 1.12 bits per heavy atom. The fourth-order valence-corrected chi connectivity index (χ4v) is 3.87. The highest BCUT2D eigenvalue weighted by molar-refractivity contribution is 7.16. The molecule has 2 aromatic rings. The van der Waals surface area contributed by atoms with Crippen molar-refractivity contribution in [1.82, 2.24) is 0 Å². The van der Waals surface area contributed by atoms with E-state index in [0.717, 1.165) is 20.3 Å². The van der Waals surface area contributed by atoms with Crippen LogP contribution in [0.2, 0.25) is 14.4 Å². The third-order valence-corrected chi connectivity index (χ3v) is 5.24. The van der Waals surface area contributed by atoms with Crippen LogP contribution in [0.5, 0.6) is 0 Å². The number of rotatable bonds is 2. The van der Waals surface area contributed by atoms with E-state index in [-0.39, 0.29) is 5.38 Å². The zero-order chi connectivity index (χ0) is 12.6. The number of benzene rings is 1. The van der Waals surface area contributed by atoms with Crippen LogP contribution in [0.3, 0.4) is 0 Å². The first-order valence-corrected chi connectivity index (χ1v) is 7.23. The molecule has 0 aliphatic heterocycles. The molecule has 0 bridgehead atoms. The van der Waals surface area contributed by atoms with E-state index in [1.54, 1.807) is 18.2 Å². The molecular formula is C12H8Cl4S. The molecule has 0 saturated heterocycles. The van der Waals surface area contributed by atoms with E-state index in [1.165, 1.54) is 11.3 Å². The third kappa shape index (κ3) is 2.74. The zero-order valence-corrected chi connectivity index (χ0v) is 12.6. The molecule has 0 aliphatic carbocycles. The minimum Gasteiger partial charge on any atom is -0.126 e. The van der Waals surface area contributed by atoms with Gasteiger partial charge in [-0.05, 0) is 30.7 Å². The van der Waals surface area contributed by atoms with Crippen molar-refractivity contribution in [1.29, 1.82) is 0 Å². The maximum absolute atomic E-state index is 6.41. The van der Waals surface area contributed by atoms with Gasteiger partial charge in [0.15, 0.2) is 0 Å². The van der Waals surface area contributed by atoms with Crippen molar-refractivity contribution < 1.29 is 0 Å². The summed E-state index contributed by atoms with van der Waals surface area (Å²) in [7, 11) is 0. The maximum Gasteiger partial charge on any atom is 0.0960 e. The molecule has 0 aliphatic rings. The Bertz CT molecular complexity index is 508. The molecule has 1 aromatic carbocycles. The highest BCUT2D eigenvalue weighted by atomic mass is 35.5. The van der Waals surface area contributed by atoms with Gasteiger partial charge in [-0.2, -0.15) is 0 Å². The Morgan fingerprint density at radius 3 is 2.18 bits per heavy atom. The van der Waals surface area contributed by atoms with Crippen LogP contribution in [0.25, 0.3) is 0 Å². The van der Waals surface area contributed by atoms with E-state index in [9.17, 15) is 0 Å². The molecule has 0 fully saturated rings. The van der Waals surface area contributed by atoms with Crippen molar-refractivity contribution in [2.75, 3.05) is 0 Å². The van der Waals surface area contributed by atoms with Crippen molar-refractivity contribution in [2.24, 2.45) is 0 Å². The molecule has 90 valence electrons. The van der Waals surface area contributed by atoms with Crippen LogP contribution in [0.4, 0.5) is 0 Å². The molecule has 0 spiro atoms. The highest BCUT2D eigenvalue weighted by Gasteiger charge is 2.20. The Morgan fingerprint density at radius 2 is 1.71 bits per heavy atom. The van der Waals surface area contributed by atoms with Gasteiger partial charge in [-0.1, -0.05) is 40.9 Å². The van der Waals surface area contributed by atoms with Crippen LogP contribution in [-0.2, 0) is 0 Å². The van der Waals surface area contributed by atoms with Gasteiger partial charge in [0.2, 0.25) is 0 Å². The van der Waals surface area contributed by atoms with Crippen LogP contribution in [0, 0.1) is 6.92 Å². The van der Waals surface area contributed by atoms with Crippen LogP contribution < -0.4 is 0 Å². The molecule has 2 rings (SSSR count). The lowest BCUT2D eigenvalue weighted by Gasteiger charge is -2.11. The lowest BCUT2D eigenvalue weighted by atomic mass is 10.1. The van der Waals surface area contributed by atoms with Gasteiger partial charge in [-0.3, -0.25) is 0 Å². The molecule has 1 atom stereocenters. The molecule has 1 heterocycles. The maximum atomic E-state index is 6.41. The molecule has 5 heteroatoms. The Labute approximate surface area is 124 Å². The van der Waals surface area contributed by atoms with Gasteiger partial charge in [0.05, 0.1) is 9.71 Å². The highest BCUT2D eigenvalue weighted by Crippen LogP contribution is 2.42. The Balaban J connectivity index is 2.47. The summed E-state index contributed by atoms with van der Waals surface area (Å²) in [4.78, 5) is 0.948. The summed E-state index contributed by atoms with van der Waals surface area (Å²) in [6.45, 7) is 1.94. The summed E-state index contributed by atoms with van der Waals surface area (Å²) in [5.74, 6) is 0. The average molecular weight is 326 g/mol. The molecule has 0 nitrogen and oxygen atoms in total. The van der Waals surface area contributed by atoms with Crippen LogP contribution in [0.15, 0.2) is 24.3 Å². The van der Waals surface area contributed by atoms with Crippen LogP contribution >= 0.6 is 57.7 Å². The summed E-state index contributed by atoms with van der Waals surface area (Å²) < 4.78 is 0.744. The number of halogens is 4. The van der Waals surface area contributed by atoms with Crippen LogP contribution in [0.1, 0.15) is 21.4 Å². The first-order valence-electron chi connectivity index (χ1n) is 4.84. The van der Waals surface area contributed by atoms with Gasteiger partial charge >= 0.3 is 0 Å². The minimum absolute atomic E-state index is 0.368. The van der Waals surface area contributed by atoms with E-state index in [1.807, 2.05) is 13.0 Å². The molecule has 1 unspecified atom stereocenters. The predicted molar refractivity (Wildman–Crippen MR) is 78.2 cm³/mol. The number of hydrogen-bond donors (Lipinski definition) is 0. The van der Waals surface area contributed by atoms with Gasteiger partial charge in [-0.25, -0.2) is 0 Å². The smallest absolute Gasteiger partial charge is 0.0960 e. The number of hydrogen-bond acceptors (Lipinski definition) is 1. The minimum atomic E-state index is -0.368. The van der Waals surface area contributed by atoms with E-state index >= 15 is 0 Å². The monoisotopic (exact) mass is 324 g/mol. The first-order chi connectivity index (χ1) is 8.00. The van der Waals surface area contributed by atoms with Crippen molar-refractivity contribution in [3.63, 3.8) is 0 Å². The molecule has 0 radical (unpaired) electrons. The van der Waals surface area contributed by atoms with Crippen molar-refractivity contribution >= 4 is 57.7 Å². The van der Waals surface area contributed by atoms with Crippen molar-refractivity contribution in [2.45, 2.75) is 12.3 Å². The van der Waals surface area contributed by atoms with Crippen molar-refractivity contribution in [3.8, 4) is 0 Å². The third-order valence-electron chi connectivity index (χ3n) is 2.38. The summed E-state index contributed by atoms with van der Waals surface area (Å²) in [5, 5.41) is 0.770. The van der Waals surface area contributed by atoms with E-state index < -0.39 is 0 Å². The Hall–Kier alpha value is 0.0800. The van der Waals surface area contributed by atoms with Gasteiger partial charge in [0.25, 0.3) is 0 Å². The van der Waals surface area contributed by atoms with Crippen molar-refractivity contribution in [3.05, 3.63) is 54.7 Å². The number of thiophene rings is 1. The fourth-order valence-electron chi connectivity index (χ4n) is 1.50. The van der Waals surface area contributed by atoms with E-state index in [2.05, 4.69) is 0 Å². The van der Waals surface area contributed by atoms with E-state index in [4.69, 9.17) is 46.4 Å². The number of alkyl halides is 1.